The highest BCUT2D eigenvalue weighted by Crippen LogP contribution is 2.28. The van der Waals surface area contributed by atoms with Crippen molar-refractivity contribution in [1.29, 1.82) is 0 Å². The summed E-state index contributed by atoms with van der Waals surface area (Å²) in [5.74, 6) is 0.668. The van der Waals surface area contributed by atoms with Crippen molar-refractivity contribution >= 4 is 10.0 Å². The highest BCUT2D eigenvalue weighted by atomic mass is 32.2. The fourth-order valence-corrected chi connectivity index (χ4v) is 3.87. The summed E-state index contributed by atoms with van der Waals surface area (Å²) in [4.78, 5) is 0.355. The second kappa shape index (κ2) is 4.87. The molecule has 0 saturated carbocycles. The summed E-state index contributed by atoms with van der Waals surface area (Å²) in [6, 6.07) is 3.47. The molecule has 18 heavy (non-hydrogen) atoms. The Balaban J connectivity index is 2.50. The van der Waals surface area contributed by atoms with Crippen LogP contribution in [0.3, 0.4) is 0 Å². The monoisotopic (exact) mass is 271 g/mol. The molecule has 1 saturated heterocycles. The lowest BCUT2D eigenvalue weighted by Gasteiger charge is -2.18. The van der Waals surface area contributed by atoms with Gasteiger partial charge >= 0.3 is 0 Å². The molecule has 2 rings (SSSR count). The van der Waals surface area contributed by atoms with Crippen molar-refractivity contribution < 1.29 is 17.9 Å². The average Bonchev–Trinajstić information content (AvgIpc) is 2.81. The molecule has 1 fully saturated rings. The number of hydrogen-bond acceptors (Lipinski definition) is 4. The van der Waals surface area contributed by atoms with E-state index < -0.39 is 10.0 Å². The lowest BCUT2D eigenvalue weighted by molar-refractivity contribution is 0.172. The first-order chi connectivity index (χ1) is 8.46. The second-order valence-electron chi connectivity index (χ2n) is 4.31. The minimum absolute atomic E-state index is 0.132. The van der Waals surface area contributed by atoms with E-state index in [0.29, 0.717) is 34.9 Å². The molecule has 6 heteroatoms. The number of sulfonamides is 1. The van der Waals surface area contributed by atoms with Gasteiger partial charge in [0.25, 0.3) is 0 Å². The Labute approximate surface area is 107 Å². The first-order valence-electron chi connectivity index (χ1n) is 5.70. The Bertz CT molecular complexity index is 524. The topological polar surface area (TPSA) is 55.8 Å². The van der Waals surface area contributed by atoms with Crippen LogP contribution in [0.2, 0.25) is 0 Å². The minimum atomic E-state index is -3.47. The molecule has 5 nitrogen and oxygen atoms in total. The fraction of sp³-hybridized carbons (Fsp3) is 0.500. The number of ether oxygens (including phenoxy) is 2. The van der Waals surface area contributed by atoms with Crippen molar-refractivity contribution in [3.8, 4) is 5.75 Å². The van der Waals surface area contributed by atoms with Crippen LogP contribution >= 0.6 is 0 Å². The molecule has 0 aromatic heterocycles. The van der Waals surface area contributed by atoms with E-state index in [1.807, 2.05) is 0 Å². The van der Waals surface area contributed by atoms with Gasteiger partial charge in [0.2, 0.25) is 10.0 Å². The smallest absolute Gasteiger partial charge is 0.245 e. The SMILES string of the molecule is COc1cc(C)c(S(=O)(=O)N2CCOC2)c(C)c1. The number of hydrogen-bond donors (Lipinski definition) is 0. The molecule has 1 aliphatic heterocycles. The minimum Gasteiger partial charge on any atom is -0.497 e. The lowest BCUT2D eigenvalue weighted by atomic mass is 10.1. The Morgan fingerprint density at radius 3 is 2.33 bits per heavy atom. The zero-order valence-corrected chi connectivity index (χ0v) is 11.6. The first kappa shape index (κ1) is 13.3. The molecule has 0 aliphatic carbocycles. The number of nitrogens with zero attached hydrogens (tertiary/aromatic N) is 1. The average molecular weight is 271 g/mol. The van der Waals surface area contributed by atoms with Crippen LogP contribution in [-0.4, -0.2) is 39.7 Å². The van der Waals surface area contributed by atoms with Crippen LogP contribution in [0.4, 0.5) is 0 Å². The Kier molecular flexibility index (Phi) is 3.61. The first-order valence-corrected chi connectivity index (χ1v) is 7.14. The summed E-state index contributed by atoms with van der Waals surface area (Å²) in [7, 11) is -1.91. The largest absolute Gasteiger partial charge is 0.497 e. The highest BCUT2D eigenvalue weighted by Gasteiger charge is 2.30. The third-order valence-electron chi connectivity index (χ3n) is 2.99. The number of aryl methyl sites for hydroxylation is 2. The summed E-state index contributed by atoms with van der Waals surface area (Å²) in [6.45, 7) is 4.55. The molecule has 1 aliphatic rings. The molecule has 0 atom stereocenters. The molecule has 0 bridgehead atoms. The highest BCUT2D eigenvalue weighted by molar-refractivity contribution is 7.89. The second-order valence-corrected chi connectivity index (χ2v) is 6.18. The predicted octanol–water partition coefficient (Wildman–Crippen LogP) is 1.29. The van der Waals surface area contributed by atoms with E-state index in [0.717, 1.165) is 0 Å². The standard InChI is InChI=1S/C12H17NO4S/c1-9-6-11(16-3)7-10(2)12(9)18(14,15)13-4-5-17-8-13/h6-7H,4-5,8H2,1-3H3. The van der Waals surface area contributed by atoms with Gasteiger partial charge in [-0.1, -0.05) is 0 Å². The zero-order valence-electron chi connectivity index (χ0n) is 10.8. The number of rotatable bonds is 3. The maximum absolute atomic E-state index is 12.5. The van der Waals surface area contributed by atoms with Crippen LogP contribution in [0.5, 0.6) is 5.75 Å². The molecule has 1 heterocycles. The summed E-state index contributed by atoms with van der Waals surface area (Å²) in [5, 5.41) is 0. The van der Waals surface area contributed by atoms with Gasteiger partial charge in [-0.3, -0.25) is 0 Å². The van der Waals surface area contributed by atoms with Crippen molar-refractivity contribution in [2.45, 2.75) is 18.7 Å². The molecule has 0 amide bonds. The van der Waals surface area contributed by atoms with E-state index in [-0.39, 0.29) is 6.73 Å². The van der Waals surface area contributed by atoms with Crippen LogP contribution < -0.4 is 4.74 Å². The third-order valence-corrected chi connectivity index (χ3v) is 5.12. The van der Waals surface area contributed by atoms with Crippen molar-refractivity contribution in [2.24, 2.45) is 0 Å². The normalized spacial score (nSPS) is 17.1. The summed E-state index contributed by atoms with van der Waals surface area (Å²) in [6.07, 6.45) is 0. The van der Waals surface area contributed by atoms with Crippen molar-refractivity contribution in [3.05, 3.63) is 23.3 Å². The van der Waals surface area contributed by atoms with Crippen LogP contribution in [0.1, 0.15) is 11.1 Å². The third kappa shape index (κ3) is 2.23. The number of benzene rings is 1. The molecule has 0 spiro atoms. The van der Waals surface area contributed by atoms with Gasteiger partial charge < -0.3 is 9.47 Å². The van der Waals surface area contributed by atoms with Gasteiger partial charge in [0.1, 0.15) is 12.5 Å². The van der Waals surface area contributed by atoms with Gasteiger partial charge in [-0.15, -0.1) is 0 Å². The van der Waals surface area contributed by atoms with Crippen LogP contribution in [0.15, 0.2) is 17.0 Å². The maximum atomic E-state index is 12.5. The van der Waals surface area contributed by atoms with Crippen LogP contribution in [-0.2, 0) is 14.8 Å². The van der Waals surface area contributed by atoms with Crippen LogP contribution in [0.25, 0.3) is 0 Å². The lowest BCUT2D eigenvalue weighted by Crippen LogP contribution is -2.29. The van der Waals surface area contributed by atoms with Crippen molar-refractivity contribution in [1.82, 2.24) is 4.31 Å². The van der Waals surface area contributed by atoms with Gasteiger partial charge in [0, 0.05) is 6.54 Å². The van der Waals surface area contributed by atoms with E-state index in [1.54, 1.807) is 33.1 Å². The molecule has 1 aromatic carbocycles. The van der Waals surface area contributed by atoms with Crippen LogP contribution in [0, 0.1) is 13.8 Å². The molecule has 1 aromatic rings. The Morgan fingerprint density at radius 2 is 1.89 bits per heavy atom. The van der Waals surface area contributed by atoms with E-state index in [1.165, 1.54) is 4.31 Å². The maximum Gasteiger partial charge on any atom is 0.245 e. The predicted molar refractivity (Wildman–Crippen MR) is 67.2 cm³/mol. The molecule has 100 valence electrons. The number of methoxy groups -OCH3 is 1. The zero-order chi connectivity index (χ0) is 13.3. The Hall–Kier alpha value is -1.11. The Morgan fingerprint density at radius 1 is 1.28 bits per heavy atom. The quantitative estimate of drug-likeness (QED) is 0.831. The van der Waals surface area contributed by atoms with Gasteiger partial charge in [-0.05, 0) is 37.1 Å². The molecular weight excluding hydrogens is 254 g/mol. The van der Waals surface area contributed by atoms with Gasteiger partial charge in [-0.25, -0.2) is 8.42 Å². The summed E-state index contributed by atoms with van der Waals surface area (Å²) >= 11 is 0. The van der Waals surface area contributed by atoms with E-state index in [2.05, 4.69) is 0 Å². The van der Waals surface area contributed by atoms with Crippen molar-refractivity contribution in [2.75, 3.05) is 27.0 Å². The van der Waals surface area contributed by atoms with E-state index >= 15 is 0 Å². The summed E-state index contributed by atoms with van der Waals surface area (Å²) < 4.78 is 36.6. The molecule has 0 N–H and O–H groups in total. The molecule has 0 unspecified atom stereocenters. The van der Waals surface area contributed by atoms with Gasteiger partial charge in [-0.2, -0.15) is 4.31 Å². The summed E-state index contributed by atoms with van der Waals surface area (Å²) in [5.41, 5.74) is 1.39. The van der Waals surface area contributed by atoms with Crippen molar-refractivity contribution in [3.63, 3.8) is 0 Å². The van der Waals surface area contributed by atoms with E-state index in [9.17, 15) is 8.42 Å². The van der Waals surface area contributed by atoms with Gasteiger partial charge in [0.15, 0.2) is 0 Å². The molecule has 0 radical (unpaired) electrons. The van der Waals surface area contributed by atoms with Gasteiger partial charge in [0.05, 0.1) is 18.6 Å². The van der Waals surface area contributed by atoms with E-state index in [4.69, 9.17) is 9.47 Å². The molecular formula is C12H17NO4S. The fourth-order valence-electron chi connectivity index (χ4n) is 2.15.